The molecule has 29 heavy (non-hydrogen) atoms. The monoisotopic (exact) mass is 413 g/mol. The highest BCUT2D eigenvalue weighted by Crippen LogP contribution is 2.29. The van der Waals surface area contributed by atoms with Crippen LogP contribution in [0.5, 0.6) is 5.75 Å². The van der Waals surface area contributed by atoms with Gasteiger partial charge in [-0.15, -0.1) is 0 Å². The van der Waals surface area contributed by atoms with E-state index < -0.39 is 26.8 Å². The maximum absolute atomic E-state index is 13.2. The van der Waals surface area contributed by atoms with Crippen LogP contribution < -0.4 is 10.1 Å². The third kappa shape index (κ3) is 4.63. The van der Waals surface area contributed by atoms with E-state index in [1.165, 1.54) is 19.2 Å². The van der Waals surface area contributed by atoms with Gasteiger partial charge in [0, 0.05) is 6.54 Å². The van der Waals surface area contributed by atoms with E-state index in [1.54, 1.807) is 54.6 Å². The zero-order valence-electron chi connectivity index (χ0n) is 15.7. The van der Waals surface area contributed by atoms with Crippen molar-refractivity contribution in [2.75, 3.05) is 13.7 Å². The second-order valence-electron chi connectivity index (χ2n) is 6.31. The SMILES string of the molecule is COc1ccccc1C(=O)NCC(c1ccccc1)S(=O)(=O)c1ccc(F)cc1. The van der Waals surface area contributed by atoms with Crippen LogP contribution >= 0.6 is 0 Å². The van der Waals surface area contributed by atoms with Crippen LogP contribution in [0.2, 0.25) is 0 Å². The molecule has 0 aliphatic carbocycles. The third-order valence-electron chi connectivity index (χ3n) is 4.49. The third-order valence-corrected chi connectivity index (χ3v) is 6.60. The summed E-state index contributed by atoms with van der Waals surface area (Å²) in [5.74, 6) is -0.579. The van der Waals surface area contributed by atoms with E-state index in [4.69, 9.17) is 4.74 Å². The van der Waals surface area contributed by atoms with Crippen LogP contribution in [0.1, 0.15) is 21.2 Å². The van der Waals surface area contributed by atoms with E-state index in [2.05, 4.69) is 5.32 Å². The molecular weight excluding hydrogens is 393 g/mol. The molecule has 3 aromatic rings. The van der Waals surface area contributed by atoms with Crippen LogP contribution in [0.15, 0.2) is 83.8 Å². The van der Waals surface area contributed by atoms with E-state index in [0.29, 0.717) is 16.9 Å². The van der Waals surface area contributed by atoms with Gasteiger partial charge in [0.25, 0.3) is 5.91 Å². The lowest BCUT2D eigenvalue weighted by Crippen LogP contribution is -2.32. The number of carbonyl (C=O) groups is 1. The lowest BCUT2D eigenvalue weighted by molar-refractivity contribution is 0.0950. The topological polar surface area (TPSA) is 72.5 Å². The summed E-state index contributed by atoms with van der Waals surface area (Å²) in [5, 5.41) is 1.65. The van der Waals surface area contributed by atoms with Crippen LogP contribution in [-0.4, -0.2) is 28.0 Å². The quantitative estimate of drug-likeness (QED) is 0.599. The maximum Gasteiger partial charge on any atom is 0.255 e. The number of hydrogen-bond donors (Lipinski definition) is 1. The molecule has 3 rings (SSSR count). The Morgan fingerprint density at radius 2 is 1.59 bits per heavy atom. The summed E-state index contributed by atoms with van der Waals surface area (Å²) >= 11 is 0. The molecule has 1 atom stereocenters. The summed E-state index contributed by atoms with van der Waals surface area (Å²) in [5.41, 5.74) is 0.832. The minimum Gasteiger partial charge on any atom is -0.496 e. The number of halogens is 1. The van der Waals surface area contributed by atoms with Crippen LogP contribution in [0.4, 0.5) is 4.39 Å². The first-order chi connectivity index (χ1) is 13.9. The Morgan fingerprint density at radius 1 is 0.966 bits per heavy atom. The largest absolute Gasteiger partial charge is 0.496 e. The lowest BCUT2D eigenvalue weighted by atomic mass is 10.1. The lowest BCUT2D eigenvalue weighted by Gasteiger charge is -2.19. The Kier molecular flexibility index (Phi) is 6.29. The fourth-order valence-electron chi connectivity index (χ4n) is 2.98. The predicted octanol–water partition coefficient (Wildman–Crippen LogP) is 3.78. The minimum atomic E-state index is -3.88. The molecule has 0 heterocycles. The van der Waals surface area contributed by atoms with E-state index in [-0.39, 0.29) is 11.4 Å². The van der Waals surface area contributed by atoms with Crippen molar-refractivity contribution in [1.29, 1.82) is 0 Å². The number of sulfone groups is 1. The molecule has 7 heteroatoms. The molecule has 5 nitrogen and oxygen atoms in total. The highest BCUT2D eigenvalue weighted by atomic mass is 32.2. The molecule has 3 aromatic carbocycles. The second kappa shape index (κ2) is 8.87. The predicted molar refractivity (Wildman–Crippen MR) is 108 cm³/mol. The van der Waals surface area contributed by atoms with Gasteiger partial charge in [-0.25, -0.2) is 12.8 Å². The second-order valence-corrected chi connectivity index (χ2v) is 8.44. The molecule has 0 aromatic heterocycles. The number of ether oxygens (including phenoxy) is 1. The van der Waals surface area contributed by atoms with Gasteiger partial charge in [0.15, 0.2) is 9.84 Å². The van der Waals surface area contributed by atoms with Gasteiger partial charge >= 0.3 is 0 Å². The molecule has 1 unspecified atom stereocenters. The van der Waals surface area contributed by atoms with Crippen molar-refractivity contribution in [3.8, 4) is 5.75 Å². The fraction of sp³-hybridized carbons (Fsp3) is 0.136. The molecule has 0 radical (unpaired) electrons. The average molecular weight is 413 g/mol. The van der Waals surface area contributed by atoms with Crippen LogP contribution in [-0.2, 0) is 9.84 Å². The molecule has 1 N–H and O–H groups in total. The first kappa shape index (κ1) is 20.5. The standard InChI is InChI=1S/C22H20FNO4S/c1-28-20-10-6-5-9-19(20)22(25)24-15-21(16-7-3-2-4-8-16)29(26,27)18-13-11-17(23)12-14-18/h2-14,21H,15H2,1H3,(H,24,25). The van der Waals surface area contributed by atoms with Gasteiger partial charge in [0.1, 0.15) is 16.8 Å². The molecule has 0 saturated carbocycles. The van der Waals surface area contributed by atoms with E-state index >= 15 is 0 Å². The molecule has 0 saturated heterocycles. The van der Waals surface area contributed by atoms with Crippen molar-refractivity contribution >= 4 is 15.7 Å². The number of benzene rings is 3. The summed E-state index contributed by atoms with van der Waals surface area (Å²) in [6, 6.07) is 19.9. The van der Waals surface area contributed by atoms with Gasteiger partial charge in [-0.2, -0.15) is 0 Å². The van der Waals surface area contributed by atoms with Gasteiger partial charge in [-0.05, 0) is 42.0 Å². The van der Waals surface area contributed by atoms with Crippen molar-refractivity contribution in [2.45, 2.75) is 10.1 Å². The zero-order valence-corrected chi connectivity index (χ0v) is 16.5. The van der Waals surface area contributed by atoms with Gasteiger partial charge in [0.05, 0.1) is 17.6 Å². The Hall–Kier alpha value is -3.19. The Labute approximate surface area is 169 Å². The number of methoxy groups -OCH3 is 1. The summed E-state index contributed by atoms with van der Waals surface area (Å²) in [4.78, 5) is 12.6. The van der Waals surface area contributed by atoms with Crippen molar-refractivity contribution in [3.63, 3.8) is 0 Å². The first-order valence-corrected chi connectivity index (χ1v) is 10.4. The number of amides is 1. The highest BCUT2D eigenvalue weighted by molar-refractivity contribution is 7.91. The maximum atomic E-state index is 13.2. The minimum absolute atomic E-state index is 0.0145. The molecule has 0 fully saturated rings. The summed E-state index contributed by atoms with van der Waals surface area (Å²) < 4.78 is 44.9. The van der Waals surface area contributed by atoms with E-state index in [0.717, 1.165) is 12.1 Å². The molecule has 1 amide bonds. The Bertz CT molecular complexity index is 1080. The van der Waals surface area contributed by atoms with Crippen LogP contribution in [0, 0.1) is 5.82 Å². The summed E-state index contributed by atoms with van der Waals surface area (Å²) in [6.45, 7) is -0.152. The van der Waals surface area contributed by atoms with Crippen molar-refractivity contribution in [2.24, 2.45) is 0 Å². The molecule has 0 bridgehead atoms. The molecular formula is C22H20FNO4S. The van der Waals surface area contributed by atoms with Crippen LogP contribution in [0.25, 0.3) is 0 Å². The van der Waals surface area contributed by atoms with Gasteiger partial charge in [-0.3, -0.25) is 4.79 Å². The van der Waals surface area contributed by atoms with Gasteiger partial charge < -0.3 is 10.1 Å². The number of nitrogens with one attached hydrogen (secondary N) is 1. The number of rotatable bonds is 7. The van der Waals surface area contributed by atoms with Crippen molar-refractivity contribution in [1.82, 2.24) is 5.32 Å². The molecule has 0 aliphatic heterocycles. The van der Waals surface area contributed by atoms with Gasteiger partial charge in [0.2, 0.25) is 0 Å². The summed E-state index contributed by atoms with van der Waals surface area (Å²) in [6.07, 6.45) is 0. The smallest absolute Gasteiger partial charge is 0.255 e. The van der Waals surface area contributed by atoms with Gasteiger partial charge in [-0.1, -0.05) is 42.5 Å². The number of hydrogen-bond acceptors (Lipinski definition) is 4. The molecule has 0 spiro atoms. The number of carbonyl (C=O) groups excluding carboxylic acids is 1. The molecule has 150 valence electrons. The van der Waals surface area contributed by atoms with Crippen molar-refractivity contribution < 1.29 is 22.3 Å². The molecule has 0 aliphatic rings. The normalized spacial score (nSPS) is 12.2. The average Bonchev–Trinajstić information content (AvgIpc) is 2.74. The highest BCUT2D eigenvalue weighted by Gasteiger charge is 2.30. The summed E-state index contributed by atoms with van der Waals surface area (Å²) in [7, 11) is -2.42. The van der Waals surface area contributed by atoms with Crippen molar-refractivity contribution in [3.05, 3.63) is 95.8 Å². The zero-order chi connectivity index (χ0) is 20.9. The number of para-hydroxylation sites is 1. The Balaban J connectivity index is 1.91. The van der Waals surface area contributed by atoms with E-state index in [9.17, 15) is 17.6 Å². The first-order valence-electron chi connectivity index (χ1n) is 8.89. The van der Waals surface area contributed by atoms with Crippen LogP contribution in [0.3, 0.4) is 0 Å². The fourth-order valence-corrected chi connectivity index (χ4v) is 4.64. The Morgan fingerprint density at radius 3 is 2.24 bits per heavy atom. The van der Waals surface area contributed by atoms with E-state index in [1.807, 2.05) is 0 Å².